The highest BCUT2D eigenvalue weighted by Gasteiger charge is 2.18. The van der Waals surface area contributed by atoms with Gasteiger partial charge in [0.05, 0.1) is 6.54 Å². The third kappa shape index (κ3) is 4.46. The molecule has 1 aromatic rings. The number of nitrogens with zero attached hydrogens (tertiary/aromatic N) is 1. The van der Waals surface area contributed by atoms with Crippen molar-refractivity contribution in [3.63, 3.8) is 0 Å². The highest BCUT2D eigenvalue weighted by molar-refractivity contribution is 6.35. The quantitative estimate of drug-likeness (QED) is 0.929. The Kier molecular flexibility index (Phi) is 5.22. The molecule has 1 aromatic carbocycles. The van der Waals surface area contributed by atoms with E-state index in [2.05, 4.69) is 4.90 Å². The predicted octanol–water partition coefficient (Wildman–Crippen LogP) is 2.53. The number of hydrogen-bond donors (Lipinski definition) is 1. The van der Waals surface area contributed by atoms with E-state index in [9.17, 15) is 4.79 Å². The molecule has 0 unspecified atom stereocenters. The van der Waals surface area contributed by atoms with Crippen molar-refractivity contribution in [1.82, 2.24) is 4.90 Å². The molecule has 0 aromatic heterocycles. The Labute approximate surface area is 123 Å². The molecule has 1 saturated heterocycles. The lowest BCUT2D eigenvalue weighted by Crippen LogP contribution is -2.42. The molecule has 0 amide bonds. The Morgan fingerprint density at radius 1 is 1.32 bits per heavy atom. The predicted molar refractivity (Wildman–Crippen MR) is 78.8 cm³/mol. The fourth-order valence-electron chi connectivity index (χ4n) is 2.29. The Balaban J connectivity index is 1.87. The first-order valence-corrected chi connectivity index (χ1v) is 7.24. The third-order valence-corrected chi connectivity index (χ3v) is 4.02. The van der Waals surface area contributed by atoms with E-state index in [1.54, 1.807) is 12.1 Å². The van der Waals surface area contributed by atoms with Gasteiger partial charge in [0.15, 0.2) is 5.78 Å². The van der Waals surface area contributed by atoms with Crippen LogP contribution < -0.4 is 5.73 Å². The summed E-state index contributed by atoms with van der Waals surface area (Å²) in [5.41, 5.74) is 6.68. The van der Waals surface area contributed by atoms with Crippen LogP contribution in [0.2, 0.25) is 10.0 Å². The number of nitrogens with two attached hydrogens (primary N) is 1. The van der Waals surface area contributed by atoms with Crippen molar-refractivity contribution < 1.29 is 4.79 Å². The fraction of sp³-hybridized carbons (Fsp3) is 0.500. The summed E-state index contributed by atoms with van der Waals surface area (Å²) in [6.45, 7) is 2.29. The average Bonchev–Trinajstić information content (AvgIpc) is 2.36. The molecule has 2 rings (SSSR count). The van der Waals surface area contributed by atoms with Crippen LogP contribution >= 0.6 is 23.2 Å². The molecular weight excluding hydrogens is 283 g/mol. The molecule has 0 bridgehead atoms. The first-order chi connectivity index (χ1) is 9.04. The monoisotopic (exact) mass is 300 g/mol. The number of halogens is 2. The normalized spacial score (nSPS) is 17.6. The van der Waals surface area contributed by atoms with E-state index in [1.165, 1.54) is 0 Å². The number of benzene rings is 1. The molecule has 104 valence electrons. The number of carbonyl (C=O) groups excluding carboxylic acids is 1. The van der Waals surface area contributed by atoms with Crippen LogP contribution in [0.15, 0.2) is 18.2 Å². The van der Waals surface area contributed by atoms with E-state index >= 15 is 0 Å². The SMILES string of the molecule is NC1CCN(CC(=O)Cc2ccc(Cl)cc2Cl)CC1. The van der Waals surface area contributed by atoms with E-state index < -0.39 is 0 Å². The second-order valence-electron chi connectivity index (χ2n) is 5.06. The minimum absolute atomic E-state index is 0.180. The Morgan fingerprint density at radius 2 is 2.00 bits per heavy atom. The number of rotatable bonds is 4. The van der Waals surface area contributed by atoms with Gasteiger partial charge in [-0.2, -0.15) is 0 Å². The lowest BCUT2D eigenvalue weighted by Gasteiger charge is -2.29. The van der Waals surface area contributed by atoms with E-state index in [4.69, 9.17) is 28.9 Å². The molecule has 3 nitrogen and oxygen atoms in total. The zero-order valence-corrected chi connectivity index (χ0v) is 12.3. The largest absolute Gasteiger partial charge is 0.328 e. The van der Waals surface area contributed by atoms with Crippen molar-refractivity contribution in [3.8, 4) is 0 Å². The van der Waals surface area contributed by atoms with Crippen molar-refractivity contribution in [2.75, 3.05) is 19.6 Å². The number of hydrogen-bond acceptors (Lipinski definition) is 3. The summed E-state index contributed by atoms with van der Waals surface area (Å²) in [6.07, 6.45) is 2.29. The van der Waals surface area contributed by atoms with Crippen molar-refractivity contribution in [3.05, 3.63) is 33.8 Å². The van der Waals surface area contributed by atoms with Crippen LogP contribution in [0.25, 0.3) is 0 Å². The molecule has 0 atom stereocenters. The smallest absolute Gasteiger partial charge is 0.151 e. The zero-order valence-electron chi connectivity index (χ0n) is 10.7. The van der Waals surface area contributed by atoms with Crippen LogP contribution in [-0.4, -0.2) is 36.4 Å². The first-order valence-electron chi connectivity index (χ1n) is 6.48. The molecule has 1 fully saturated rings. The molecule has 0 saturated carbocycles. The molecule has 0 spiro atoms. The molecule has 5 heteroatoms. The number of likely N-dealkylation sites (tertiary alicyclic amines) is 1. The summed E-state index contributed by atoms with van der Waals surface area (Å²) >= 11 is 11.9. The summed E-state index contributed by atoms with van der Waals surface area (Å²) in [4.78, 5) is 14.2. The third-order valence-electron chi connectivity index (χ3n) is 3.43. The van der Waals surface area contributed by atoms with E-state index in [1.807, 2.05) is 6.07 Å². The standard InChI is InChI=1S/C14H18Cl2N2O/c15-11-2-1-10(14(16)8-11)7-13(19)9-18-5-3-12(17)4-6-18/h1-2,8,12H,3-7,9,17H2. The highest BCUT2D eigenvalue weighted by Crippen LogP contribution is 2.21. The first kappa shape index (κ1) is 14.8. The number of piperidine rings is 1. The van der Waals surface area contributed by atoms with Crippen molar-refractivity contribution in [2.45, 2.75) is 25.3 Å². The highest BCUT2D eigenvalue weighted by atomic mass is 35.5. The van der Waals surface area contributed by atoms with Gasteiger partial charge in [0.25, 0.3) is 0 Å². The number of ketones is 1. The van der Waals surface area contributed by atoms with E-state index in [0.29, 0.717) is 23.0 Å². The van der Waals surface area contributed by atoms with Crippen LogP contribution in [-0.2, 0) is 11.2 Å². The van der Waals surface area contributed by atoms with Crippen LogP contribution in [0.1, 0.15) is 18.4 Å². The van der Waals surface area contributed by atoms with E-state index in [0.717, 1.165) is 31.5 Å². The number of Topliss-reactive ketones (excluding diaryl/α,β-unsaturated/α-hetero) is 1. The minimum Gasteiger partial charge on any atom is -0.328 e. The van der Waals surface area contributed by atoms with Gasteiger partial charge in [0.2, 0.25) is 0 Å². The van der Waals surface area contributed by atoms with Crippen molar-refractivity contribution >= 4 is 29.0 Å². The minimum atomic E-state index is 0.180. The summed E-state index contributed by atoms with van der Waals surface area (Å²) in [6, 6.07) is 5.54. The van der Waals surface area contributed by atoms with Crippen LogP contribution in [0, 0.1) is 0 Å². The van der Waals surface area contributed by atoms with Gasteiger partial charge in [-0.25, -0.2) is 0 Å². The second kappa shape index (κ2) is 6.71. The van der Waals surface area contributed by atoms with Crippen molar-refractivity contribution in [2.24, 2.45) is 5.73 Å². The van der Waals surface area contributed by atoms with Crippen LogP contribution in [0.5, 0.6) is 0 Å². The fourth-order valence-corrected chi connectivity index (χ4v) is 2.77. The molecule has 0 aliphatic carbocycles. The Hall–Kier alpha value is -0.610. The number of carbonyl (C=O) groups is 1. The zero-order chi connectivity index (χ0) is 13.8. The molecule has 1 aliphatic rings. The van der Waals surface area contributed by atoms with Crippen LogP contribution in [0.4, 0.5) is 0 Å². The second-order valence-corrected chi connectivity index (χ2v) is 5.91. The van der Waals surface area contributed by atoms with Gasteiger partial charge in [0, 0.05) is 35.6 Å². The summed E-state index contributed by atoms with van der Waals surface area (Å²) in [5.74, 6) is 0.180. The maximum absolute atomic E-state index is 12.0. The van der Waals surface area contributed by atoms with Crippen molar-refractivity contribution in [1.29, 1.82) is 0 Å². The van der Waals surface area contributed by atoms with Gasteiger partial charge in [-0.15, -0.1) is 0 Å². The van der Waals surface area contributed by atoms with Gasteiger partial charge in [-0.3, -0.25) is 9.69 Å². The summed E-state index contributed by atoms with van der Waals surface area (Å²) in [5, 5.41) is 1.15. The molecule has 19 heavy (non-hydrogen) atoms. The van der Waals surface area contributed by atoms with Gasteiger partial charge in [-0.1, -0.05) is 29.3 Å². The van der Waals surface area contributed by atoms with E-state index in [-0.39, 0.29) is 11.8 Å². The molecule has 0 radical (unpaired) electrons. The molecular formula is C14H18Cl2N2O. The van der Waals surface area contributed by atoms with Gasteiger partial charge in [0.1, 0.15) is 0 Å². The summed E-state index contributed by atoms with van der Waals surface area (Å²) < 4.78 is 0. The van der Waals surface area contributed by atoms with Crippen LogP contribution in [0.3, 0.4) is 0 Å². The topological polar surface area (TPSA) is 46.3 Å². The average molecular weight is 301 g/mol. The van der Waals surface area contributed by atoms with Gasteiger partial charge < -0.3 is 5.73 Å². The van der Waals surface area contributed by atoms with Gasteiger partial charge >= 0.3 is 0 Å². The maximum Gasteiger partial charge on any atom is 0.151 e. The lowest BCUT2D eigenvalue weighted by atomic mass is 10.0. The Morgan fingerprint density at radius 3 is 2.63 bits per heavy atom. The molecule has 2 N–H and O–H groups in total. The van der Waals surface area contributed by atoms with Gasteiger partial charge in [-0.05, 0) is 30.5 Å². The molecule has 1 aliphatic heterocycles. The maximum atomic E-state index is 12.0. The lowest BCUT2D eigenvalue weighted by molar-refractivity contribution is -0.119. The Bertz CT molecular complexity index is 457. The molecule has 1 heterocycles. The summed E-state index contributed by atoms with van der Waals surface area (Å²) in [7, 11) is 0.